The van der Waals surface area contributed by atoms with Gasteiger partial charge in [-0.05, 0) is 69.3 Å². The molecule has 1 saturated heterocycles. The molecule has 1 aliphatic heterocycles. The molecule has 0 bridgehead atoms. The Morgan fingerprint density at radius 1 is 1.10 bits per heavy atom. The molecule has 6 nitrogen and oxygen atoms in total. The molecule has 1 aliphatic carbocycles. The van der Waals surface area contributed by atoms with Crippen LogP contribution in [0.1, 0.15) is 32.1 Å². The van der Waals surface area contributed by atoms with Crippen molar-refractivity contribution in [2.45, 2.75) is 38.1 Å². The van der Waals surface area contributed by atoms with Crippen LogP contribution in [-0.2, 0) is 0 Å². The topological polar surface area (TPSA) is 51.9 Å². The van der Waals surface area contributed by atoms with Crippen LogP contribution in [0.25, 0.3) is 16.8 Å². The van der Waals surface area contributed by atoms with E-state index in [1.165, 1.54) is 32.2 Å². The molecule has 0 radical (unpaired) electrons. The van der Waals surface area contributed by atoms with Crippen molar-refractivity contribution in [2.24, 2.45) is 5.92 Å². The summed E-state index contributed by atoms with van der Waals surface area (Å²) < 4.78 is 13.7. The second kappa shape index (κ2) is 8.03. The fourth-order valence-electron chi connectivity index (χ4n) is 4.05. The van der Waals surface area contributed by atoms with E-state index in [-0.39, 0.29) is 0 Å². The summed E-state index contributed by atoms with van der Waals surface area (Å²) in [4.78, 5) is 6.91. The third-order valence-corrected chi connectivity index (χ3v) is 6.06. The molecule has 1 atom stereocenters. The monoisotopic (exact) mass is 392 g/mol. The molecule has 0 N–H and O–H groups in total. The number of rotatable bonds is 8. The van der Waals surface area contributed by atoms with Crippen LogP contribution in [0.5, 0.6) is 11.6 Å². The second-order valence-corrected chi connectivity index (χ2v) is 8.28. The Hall–Kier alpha value is -2.60. The van der Waals surface area contributed by atoms with Gasteiger partial charge >= 0.3 is 0 Å². The van der Waals surface area contributed by atoms with E-state index in [9.17, 15) is 0 Å². The Morgan fingerprint density at radius 2 is 1.97 bits per heavy atom. The zero-order valence-electron chi connectivity index (χ0n) is 17.0. The number of imidazole rings is 1. The fraction of sp³-hybridized carbons (Fsp3) is 0.478. The lowest BCUT2D eigenvalue weighted by molar-refractivity contribution is 0.227. The van der Waals surface area contributed by atoms with Crippen LogP contribution in [0.4, 0.5) is 0 Å². The van der Waals surface area contributed by atoms with Gasteiger partial charge in [0.2, 0.25) is 5.88 Å². The Morgan fingerprint density at radius 3 is 2.72 bits per heavy atom. The minimum Gasteiger partial charge on any atom is -0.493 e. The minimum absolute atomic E-state index is 0.620. The maximum atomic E-state index is 6.04. The van der Waals surface area contributed by atoms with Crippen LogP contribution in [0.2, 0.25) is 0 Å². The molecule has 2 aromatic heterocycles. The average Bonchev–Trinajstić information content (AvgIpc) is 3.30. The van der Waals surface area contributed by atoms with Gasteiger partial charge in [0.05, 0.1) is 13.2 Å². The Bertz CT molecular complexity index is 965. The summed E-state index contributed by atoms with van der Waals surface area (Å²) in [6, 6.07) is 10.9. The van der Waals surface area contributed by atoms with Crippen molar-refractivity contribution in [3.05, 3.63) is 42.7 Å². The lowest BCUT2D eigenvalue weighted by Gasteiger charge is -2.19. The van der Waals surface area contributed by atoms with Gasteiger partial charge in [0.1, 0.15) is 5.75 Å². The van der Waals surface area contributed by atoms with E-state index in [1.807, 2.05) is 24.4 Å². The van der Waals surface area contributed by atoms with Gasteiger partial charge in [-0.25, -0.2) is 9.50 Å². The summed E-state index contributed by atoms with van der Waals surface area (Å²) in [5, 5.41) is 4.57. The van der Waals surface area contributed by atoms with Crippen molar-refractivity contribution in [3.63, 3.8) is 0 Å². The largest absolute Gasteiger partial charge is 0.493 e. The van der Waals surface area contributed by atoms with Gasteiger partial charge in [-0.2, -0.15) is 0 Å². The van der Waals surface area contributed by atoms with Gasteiger partial charge in [-0.1, -0.05) is 12.1 Å². The van der Waals surface area contributed by atoms with Crippen molar-refractivity contribution in [3.8, 4) is 22.8 Å². The SMILES string of the molecule is CN1CCCC1CCOc1cc(-c2ccc(OCC3CC3)cc2)c2nccn2n1. The highest BCUT2D eigenvalue weighted by atomic mass is 16.5. The first kappa shape index (κ1) is 18.4. The maximum absolute atomic E-state index is 6.04. The van der Waals surface area contributed by atoms with Crippen molar-refractivity contribution in [2.75, 3.05) is 26.8 Å². The maximum Gasteiger partial charge on any atom is 0.232 e. The zero-order chi connectivity index (χ0) is 19.6. The van der Waals surface area contributed by atoms with Crippen LogP contribution < -0.4 is 9.47 Å². The number of benzene rings is 1. The average molecular weight is 393 g/mol. The predicted octanol–water partition coefficient (Wildman–Crippen LogP) is 4.05. The van der Waals surface area contributed by atoms with Gasteiger partial charge in [0.15, 0.2) is 5.65 Å². The predicted molar refractivity (Wildman–Crippen MR) is 112 cm³/mol. The molecule has 1 saturated carbocycles. The lowest BCUT2D eigenvalue weighted by Crippen LogP contribution is -2.26. The summed E-state index contributed by atoms with van der Waals surface area (Å²) in [5.41, 5.74) is 2.94. The van der Waals surface area contributed by atoms with Gasteiger partial charge in [-0.15, -0.1) is 5.10 Å². The second-order valence-electron chi connectivity index (χ2n) is 8.28. The first-order chi connectivity index (χ1) is 14.3. The van der Waals surface area contributed by atoms with Crippen molar-refractivity contribution < 1.29 is 9.47 Å². The van der Waals surface area contributed by atoms with E-state index in [1.54, 1.807) is 10.7 Å². The van der Waals surface area contributed by atoms with Crippen LogP contribution in [-0.4, -0.2) is 52.3 Å². The van der Waals surface area contributed by atoms with Crippen molar-refractivity contribution in [1.29, 1.82) is 0 Å². The molecule has 3 aromatic rings. The van der Waals surface area contributed by atoms with E-state index in [2.05, 4.69) is 34.2 Å². The van der Waals surface area contributed by atoms with Gasteiger partial charge in [0.25, 0.3) is 0 Å². The zero-order valence-corrected chi connectivity index (χ0v) is 17.0. The van der Waals surface area contributed by atoms with Crippen LogP contribution >= 0.6 is 0 Å². The summed E-state index contributed by atoms with van der Waals surface area (Å²) in [6.07, 6.45) is 9.81. The van der Waals surface area contributed by atoms with Crippen LogP contribution in [0.15, 0.2) is 42.7 Å². The number of nitrogens with zero attached hydrogens (tertiary/aromatic N) is 4. The third kappa shape index (κ3) is 4.22. The van der Waals surface area contributed by atoms with E-state index < -0.39 is 0 Å². The van der Waals surface area contributed by atoms with E-state index >= 15 is 0 Å². The highest BCUT2D eigenvalue weighted by molar-refractivity contribution is 5.78. The molecule has 1 unspecified atom stereocenters. The molecule has 29 heavy (non-hydrogen) atoms. The van der Waals surface area contributed by atoms with Gasteiger partial charge in [-0.3, -0.25) is 0 Å². The summed E-state index contributed by atoms with van der Waals surface area (Å²) in [7, 11) is 2.20. The minimum atomic E-state index is 0.620. The lowest BCUT2D eigenvalue weighted by atomic mass is 10.1. The van der Waals surface area contributed by atoms with Gasteiger partial charge in [0, 0.05) is 30.1 Å². The van der Waals surface area contributed by atoms with E-state index in [0.29, 0.717) is 18.5 Å². The first-order valence-corrected chi connectivity index (χ1v) is 10.7. The standard InChI is InChI=1S/C23H28N4O2/c1-26-12-2-3-19(26)10-14-28-22-15-21(23-24-11-13-27(23)25-22)18-6-8-20(9-7-18)29-16-17-4-5-17/h6-9,11,13,15,17,19H,2-5,10,12,14,16H2,1H3. The molecule has 5 rings (SSSR count). The van der Waals surface area contributed by atoms with Crippen LogP contribution in [0.3, 0.4) is 0 Å². The Balaban J connectivity index is 1.31. The van der Waals surface area contributed by atoms with E-state index in [0.717, 1.165) is 41.5 Å². The molecule has 1 aromatic carbocycles. The molecule has 3 heterocycles. The van der Waals surface area contributed by atoms with Crippen molar-refractivity contribution in [1.82, 2.24) is 19.5 Å². The normalized spacial score (nSPS) is 19.7. The number of hydrogen-bond donors (Lipinski definition) is 0. The third-order valence-electron chi connectivity index (χ3n) is 6.06. The number of fused-ring (bicyclic) bond motifs is 1. The smallest absolute Gasteiger partial charge is 0.232 e. The summed E-state index contributed by atoms with van der Waals surface area (Å²) >= 11 is 0. The molecule has 2 aliphatic rings. The first-order valence-electron chi connectivity index (χ1n) is 10.7. The molecule has 0 spiro atoms. The molecule has 152 valence electrons. The van der Waals surface area contributed by atoms with Gasteiger partial charge < -0.3 is 14.4 Å². The summed E-state index contributed by atoms with van der Waals surface area (Å²) in [6.45, 7) is 2.69. The molecule has 2 fully saturated rings. The van der Waals surface area contributed by atoms with E-state index in [4.69, 9.17) is 9.47 Å². The highest BCUT2D eigenvalue weighted by Crippen LogP contribution is 2.31. The molecule has 6 heteroatoms. The number of ether oxygens (including phenoxy) is 2. The molecular formula is C23H28N4O2. The quantitative estimate of drug-likeness (QED) is 0.579. The van der Waals surface area contributed by atoms with Crippen molar-refractivity contribution >= 4 is 5.65 Å². The molecule has 0 amide bonds. The Labute approximate surface area is 171 Å². The fourth-order valence-corrected chi connectivity index (χ4v) is 4.05. The number of aromatic nitrogens is 3. The summed E-state index contributed by atoms with van der Waals surface area (Å²) in [5.74, 6) is 2.31. The Kier molecular flexibility index (Phi) is 5.10. The number of hydrogen-bond acceptors (Lipinski definition) is 5. The highest BCUT2D eigenvalue weighted by Gasteiger charge is 2.22. The number of likely N-dealkylation sites (tertiary alicyclic amines) is 1. The molecular weight excluding hydrogens is 364 g/mol. The van der Waals surface area contributed by atoms with Crippen LogP contribution in [0, 0.1) is 5.92 Å².